The van der Waals surface area contributed by atoms with Gasteiger partial charge in [0.1, 0.15) is 5.78 Å². The Balaban J connectivity index is 1.90. The van der Waals surface area contributed by atoms with Gasteiger partial charge in [-0.25, -0.2) is 0 Å². The molecular formula is C11H16O. The molecule has 3 aliphatic rings. The summed E-state index contributed by atoms with van der Waals surface area (Å²) in [6.07, 6.45) is 10.1. The number of ketones is 1. The van der Waals surface area contributed by atoms with Crippen LogP contribution in [0.4, 0.5) is 0 Å². The molecule has 66 valence electrons. The number of carbonyl (C=O) groups excluding carboxylic acids is 1. The smallest absolute Gasteiger partial charge is 0.133 e. The summed E-state index contributed by atoms with van der Waals surface area (Å²) in [5, 5.41) is 0. The van der Waals surface area contributed by atoms with Crippen molar-refractivity contribution in [1.82, 2.24) is 0 Å². The second kappa shape index (κ2) is 1.94. The molecule has 2 atom stereocenters. The molecule has 2 unspecified atom stereocenters. The van der Waals surface area contributed by atoms with Crippen molar-refractivity contribution in [2.75, 3.05) is 0 Å². The highest BCUT2D eigenvalue weighted by atomic mass is 16.1. The van der Waals surface area contributed by atoms with Gasteiger partial charge >= 0.3 is 0 Å². The Kier molecular flexibility index (Phi) is 1.15. The number of rotatable bonds is 0. The van der Waals surface area contributed by atoms with Gasteiger partial charge in [0.15, 0.2) is 0 Å². The van der Waals surface area contributed by atoms with Crippen LogP contribution in [0, 0.1) is 10.8 Å². The van der Waals surface area contributed by atoms with Crippen LogP contribution in [-0.4, -0.2) is 5.78 Å². The Hall–Kier alpha value is -0.330. The lowest BCUT2D eigenvalue weighted by atomic mass is 9.71. The van der Waals surface area contributed by atoms with E-state index in [1.807, 2.05) is 0 Å². The summed E-state index contributed by atoms with van der Waals surface area (Å²) in [5.41, 5.74) is 1.22. The molecule has 0 bridgehead atoms. The van der Waals surface area contributed by atoms with Crippen molar-refractivity contribution in [1.29, 1.82) is 0 Å². The van der Waals surface area contributed by atoms with E-state index in [9.17, 15) is 4.79 Å². The average molecular weight is 164 g/mol. The molecular weight excluding hydrogens is 148 g/mol. The molecule has 0 saturated heterocycles. The summed E-state index contributed by atoms with van der Waals surface area (Å²) >= 11 is 0. The molecule has 0 radical (unpaired) electrons. The van der Waals surface area contributed by atoms with Crippen LogP contribution >= 0.6 is 0 Å². The molecule has 0 heterocycles. The third-order valence-electron chi connectivity index (χ3n) is 4.66. The fourth-order valence-electron chi connectivity index (χ4n) is 3.90. The van der Waals surface area contributed by atoms with E-state index in [0.717, 1.165) is 12.8 Å². The summed E-state index contributed by atoms with van der Waals surface area (Å²) in [7, 11) is 0. The molecule has 0 aromatic carbocycles. The second-order valence-corrected chi connectivity index (χ2v) is 5.16. The standard InChI is InChI=1S/C11H16O/c12-9-3-6-10-4-1-2-5-11(10,7-9)8-10/h1-8H2. The Morgan fingerprint density at radius 1 is 1.00 bits per heavy atom. The first kappa shape index (κ1) is 7.11. The van der Waals surface area contributed by atoms with Gasteiger partial charge < -0.3 is 0 Å². The van der Waals surface area contributed by atoms with Crippen LogP contribution in [-0.2, 0) is 4.79 Å². The first-order valence-electron chi connectivity index (χ1n) is 5.28. The van der Waals surface area contributed by atoms with E-state index in [2.05, 4.69) is 0 Å². The van der Waals surface area contributed by atoms with Gasteiger partial charge in [0.25, 0.3) is 0 Å². The first-order valence-corrected chi connectivity index (χ1v) is 5.28. The summed E-state index contributed by atoms with van der Waals surface area (Å²) in [5.74, 6) is 0.546. The van der Waals surface area contributed by atoms with Crippen molar-refractivity contribution in [2.45, 2.75) is 51.4 Å². The van der Waals surface area contributed by atoms with Crippen LogP contribution in [0.25, 0.3) is 0 Å². The third-order valence-corrected chi connectivity index (χ3v) is 4.66. The molecule has 0 N–H and O–H groups in total. The van der Waals surface area contributed by atoms with Gasteiger partial charge in [0.05, 0.1) is 0 Å². The predicted octanol–water partition coefficient (Wildman–Crippen LogP) is 2.69. The fourth-order valence-corrected chi connectivity index (χ4v) is 3.90. The monoisotopic (exact) mass is 164 g/mol. The molecule has 0 aromatic rings. The topological polar surface area (TPSA) is 17.1 Å². The number of carbonyl (C=O) groups is 1. The van der Waals surface area contributed by atoms with E-state index in [1.165, 1.54) is 38.5 Å². The molecule has 0 spiro atoms. The van der Waals surface area contributed by atoms with Crippen LogP contribution in [0.5, 0.6) is 0 Å². The minimum absolute atomic E-state index is 0.542. The van der Waals surface area contributed by atoms with Gasteiger partial charge in [0.2, 0.25) is 0 Å². The lowest BCUT2D eigenvalue weighted by molar-refractivity contribution is -0.123. The van der Waals surface area contributed by atoms with Crippen molar-refractivity contribution in [3.63, 3.8) is 0 Å². The zero-order valence-corrected chi connectivity index (χ0v) is 7.57. The molecule has 3 aliphatic carbocycles. The van der Waals surface area contributed by atoms with Crippen LogP contribution < -0.4 is 0 Å². The highest BCUT2D eigenvalue weighted by Gasteiger charge is 2.68. The quantitative estimate of drug-likeness (QED) is 0.538. The minimum atomic E-state index is 0.542. The zero-order chi connectivity index (χ0) is 8.23. The van der Waals surface area contributed by atoms with Crippen molar-refractivity contribution in [3.8, 4) is 0 Å². The highest BCUT2D eigenvalue weighted by molar-refractivity contribution is 5.81. The van der Waals surface area contributed by atoms with Crippen molar-refractivity contribution < 1.29 is 4.79 Å². The van der Waals surface area contributed by atoms with E-state index in [-0.39, 0.29) is 0 Å². The van der Waals surface area contributed by atoms with Crippen LogP contribution in [0.1, 0.15) is 51.4 Å². The van der Waals surface area contributed by atoms with Gasteiger partial charge in [-0.1, -0.05) is 12.8 Å². The molecule has 3 fully saturated rings. The maximum absolute atomic E-state index is 11.3. The largest absolute Gasteiger partial charge is 0.300 e. The molecule has 1 nitrogen and oxygen atoms in total. The first-order chi connectivity index (χ1) is 5.77. The minimum Gasteiger partial charge on any atom is -0.300 e. The number of Topliss-reactive ketones (excluding diaryl/α,β-unsaturated/α-hetero) is 1. The van der Waals surface area contributed by atoms with E-state index in [4.69, 9.17) is 0 Å². The molecule has 3 saturated carbocycles. The summed E-state index contributed by atoms with van der Waals surface area (Å²) in [6.45, 7) is 0. The lowest BCUT2D eigenvalue weighted by Crippen LogP contribution is -2.27. The highest BCUT2D eigenvalue weighted by Crippen LogP contribution is 2.76. The zero-order valence-electron chi connectivity index (χ0n) is 7.57. The summed E-state index contributed by atoms with van der Waals surface area (Å²) < 4.78 is 0. The molecule has 1 heteroatoms. The molecule has 3 rings (SSSR count). The third kappa shape index (κ3) is 0.681. The number of hydrogen-bond acceptors (Lipinski definition) is 1. The van der Waals surface area contributed by atoms with Crippen molar-refractivity contribution >= 4 is 5.78 Å². The van der Waals surface area contributed by atoms with Gasteiger partial charge in [-0.2, -0.15) is 0 Å². The second-order valence-electron chi connectivity index (χ2n) is 5.16. The Morgan fingerprint density at radius 3 is 2.58 bits per heavy atom. The van der Waals surface area contributed by atoms with E-state index < -0.39 is 0 Å². The predicted molar refractivity (Wildman–Crippen MR) is 46.8 cm³/mol. The van der Waals surface area contributed by atoms with Gasteiger partial charge in [0, 0.05) is 12.8 Å². The molecule has 12 heavy (non-hydrogen) atoms. The van der Waals surface area contributed by atoms with Gasteiger partial charge in [-0.3, -0.25) is 4.79 Å². The van der Waals surface area contributed by atoms with Crippen molar-refractivity contribution in [3.05, 3.63) is 0 Å². The van der Waals surface area contributed by atoms with Crippen LogP contribution in [0.15, 0.2) is 0 Å². The lowest BCUT2D eigenvalue weighted by Gasteiger charge is -2.33. The fraction of sp³-hybridized carbons (Fsp3) is 0.909. The van der Waals surface area contributed by atoms with Gasteiger partial charge in [-0.05, 0) is 36.5 Å². The van der Waals surface area contributed by atoms with E-state index >= 15 is 0 Å². The van der Waals surface area contributed by atoms with Crippen LogP contribution in [0.2, 0.25) is 0 Å². The molecule has 0 amide bonds. The normalized spacial score (nSPS) is 51.2. The average Bonchev–Trinajstić information content (AvgIpc) is 2.72. The molecule has 0 aromatic heterocycles. The Bertz CT molecular complexity index is 245. The Labute approximate surface area is 73.5 Å². The molecule has 0 aliphatic heterocycles. The van der Waals surface area contributed by atoms with Gasteiger partial charge in [-0.15, -0.1) is 0 Å². The van der Waals surface area contributed by atoms with Crippen molar-refractivity contribution in [2.24, 2.45) is 10.8 Å². The SMILES string of the molecule is O=C1CCC23CCCCC2(C1)C3. The summed E-state index contributed by atoms with van der Waals surface area (Å²) in [6, 6.07) is 0. The Morgan fingerprint density at radius 2 is 1.75 bits per heavy atom. The number of hydrogen-bond donors (Lipinski definition) is 0. The maximum Gasteiger partial charge on any atom is 0.133 e. The van der Waals surface area contributed by atoms with E-state index in [0.29, 0.717) is 16.6 Å². The maximum atomic E-state index is 11.3. The summed E-state index contributed by atoms with van der Waals surface area (Å²) in [4.78, 5) is 11.3. The van der Waals surface area contributed by atoms with Crippen LogP contribution in [0.3, 0.4) is 0 Å². The van der Waals surface area contributed by atoms with E-state index in [1.54, 1.807) is 0 Å².